The van der Waals surface area contributed by atoms with Crippen LogP contribution in [0.25, 0.3) is 0 Å². The SMILES string of the molecule is Fc1ccc(C2CNCC(C3CC3)O2)cc1. The zero-order valence-corrected chi connectivity index (χ0v) is 9.16. The van der Waals surface area contributed by atoms with Crippen molar-refractivity contribution in [1.82, 2.24) is 5.32 Å². The van der Waals surface area contributed by atoms with E-state index < -0.39 is 0 Å². The second-order valence-corrected chi connectivity index (χ2v) is 4.71. The summed E-state index contributed by atoms with van der Waals surface area (Å²) in [6.07, 6.45) is 3.02. The molecule has 2 unspecified atom stereocenters. The molecule has 3 heteroatoms. The van der Waals surface area contributed by atoms with E-state index in [1.54, 1.807) is 0 Å². The molecule has 1 aliphatic heterocycles. The molecular formula is C13H16FNO. The van der Waals surface area contributed by atoms with Crippen LogP contribution in [0.15, 0.2) is 24.3 Å². The highest BCUT2D eigenvalue weighted by atomic mass is 19.1. The Balaban J connectivity index is 1.71. The van der Waals surface area contributed by atoms with Gasteiger partial charge in [0.05, 0.1) is 12.2 Å². The predicted molar refractivity (Wildman–Crippen MR) is 59.6 cm³/mol. The van der Waals surface area contributed by atoms with Crippen molar-refractivity contribution in [2.24, 2.45) is 5.92 Å². The number of morpholine rings is 1. The van der Waals surface area contributed by atoms with E-state index in [2.05, 4.69) is 5.32 Å². The van der Waals surface area contributed by atoms with Crippen molar-refractivity contribution in [1.29, 1.82) is 0 Å². The average Bonchev–Trinajstić information content (AvgIpc) is 3.14. The van der Waals surface area contributed by atoms with Crippen molar-refractivity contribution in [3.05, 3.63) is 35.6 Å². The summed E-state index contributed by atoms with van der Waals surface area (Å²) >= 11 is 0. The molecule has 1 N–H and O–H groups in total. The van der Waals surface area contributed by atoms with E-state index in [4.69, 9.17) is 4.74 Å². The maximum Gasteiger partial charge on any atom is 0.123 e. The summed E-state index contributed by atoms with van der Waals surface area (Å²) in [4.78, 5) is 0. The lowest BCUT2D eigenvalue weighted by molar-refractivity contribution is -0.0493. The second kappa shape index (κ2) is 4.15. The molecule has 1 heterocycles. The van der Waals surface area contributed by atoms with Crippen LogP contribution in [0, 0.1) is 11.7 Å². The standard InChI is InChI=1S/C13H16FNO/c14-11-5-3-10(4-6-11)13-8-15-7-12(16-13)9-1-2-9/h3-6,9,12-13,15H,1-2,7-8H2. The minimum absolute atomic E-state index is 0.0833. The first-order chi connectivity index (χ1) is 7.83. The Morgan fingerprint density at radius 2 is 1.88 bits per heavy atom. The molecule has 2 aliphatic rings. The van der Waals surface area contributed by atoms with Gasteiger partial charge >= 0.3 is 0 Å². The van der Waals surface area contributed by atoms with Crippen LogP contribution in [-0.4, -0.2) is 19.2 Å². The fourth-order valence-electron chi connectivity index (χ4n) is 2.28. The number of hydrogen-bond acceptors (Lipinski definition) is 2. The largest absolute Gasteiger partial charge is 0.367 e. The molecule has 3 rings (SSSR count). The number of halogens is 1. The van der Waals surface area contributed by atoms with Gasteiger partial charge < -0.3 is 10.1 Å². The van der Waals surface area contributed by atoms with E-state index in [1.807, 2.05) is 12.1 Å². The molecule has 0 spiro atoms. The quantitative estimate of drug-likeness (QED) is 0.827. The van der Waals surface area contributed by atoms with Gasteiger partial charge in [0.15, 0.2) is 0 Å². The van der Waals surface area contributed by atoms with Crippen LogP contribution in [-0.2, 0) is 4.74 Å². The van der Waals surface area contributed by atoms with Gasteiger partial charge in [-0.1, -0.05) is 12.1 Å². The molecule has 1 saturated heterocycles. The summed E-state index contributed by atoms with van der Waals surface area (Å²) in [5.41, 5.74) is 1.07. The summed E-state index contributed by atoms with van der Waals surface area (Å²) in [5.74, 6) is 0.557. The van der Waals surface area contributed by atoms with Crippen molar-refractivity contribution in [3.8, 4) is 0 Å². The number of benzene rings is 1. The van der Waals surface area contributed by atoms with Crippen molar-refractivity contribution in [2.45, 2.75) is 25.0 Å². The molecule has 2 atom stereocenters. The van der Waals surface area contributed by atoms with Gasteiger partial charge in [-0.05, 0) is 36.5 Å². The molecule has 1 aliphatic carbocycles. The number of nitrogens with one attached hydrogen (secondary N) is 1. The highest BCUT2D eigenvalue weighted by Gasteiger charge is 2.35. The summed E-state index contributed by atoms with van der Waals surface area (Å²) < 4.78 is 18.9. The molecule has 1 aromatic carbocycles. The number of hydrogen-bond donors (Lipinski definition) is 1. The fraction of sp³-hybridized carbons (Fsp3) is 0.538. The van der Waals surface area contributed by atoms with E-state index in [-0.39, 0.29) is 11.9 Å². The lowest BCUT2D eigenvalue weighted by atomic mass is 10.1. The first-order valence-corrected chi connectivity index (χ1v) is 5.94. The normalized spacial score (nSPS) is 30.3. The Labute approximate surface area is 94.8 Å². The van der Waals surface area contributed by atoms with E-state index >= 15 is 0 Å². The van der Waals surface area contributed by atoms with Crippen LogP contribution in [0.4, 0.5) is 4.39 Å². The molecule has 0 aromatic heterocycles. The van der Waals surface area contributed by atoms with Gasteiger partial charge in [-0.15, -0.1) is 0 Å². The maximum absolute atomic E-state index is 12.8. The van der Waals surface area contributed by atoms with Crippen LogP contribution in [0.5, 0.6) is 0 Å². The summed E-state index contributed by atoms with van der Waals surface area (Å²) in [7, 11) is 0. The average molecular weight is 221 g/mol. The van der Waals surface area contributed by atoms with Crippen molar-refractivity contribution in [2.75, 3.05) is 13.1 Å². The minimum Gasteiger partial charge on any atom is -0.367 e. The molecule has 2 nitrogen and oxygen atoms in total. The summed E-state index contributed by atoms with van der Waals surface area (Å²) in [6, 6.07) is 6.63. The van der Waals surface area contributed by atoms with Crippen LogP contribution in [0.2, 0.25) is 0 Å². The Kier molecular flexibility index (Phi) is 2.65. The van der Waals surface area contributed by atoms with Crippen LogP contribution in [0.1, 0.15) is 24.5 Å². The molecule has 0 bridgehead atoms. The fourth-order valence-corrected chi connectivity index (χ4v) is 2.28. The van der Waals surface area contributed by atoms with Gasteiger partial charge in [0.25, 0.3) is 0 Å². The Hall–Kier alpha value is -0.930. The minimum atomic E-state index is -0.189. The lowest BCUT2D eigenvalue weighted by Gasteiger charge is -2.31. The highest BCUT2D eigenvalue weighted by Crippen LogP contribution is 2.37. The third kappa shape index (κ3) is 2.11. The smallest absolute Gasteiger partial charge is 0.123 e. The number of ether oxygens (including phenoxy) is 1. The highest BCUT2D eigenvalue weighted by molar-refractivity contribution is 5.19. The second-order valence-electron chi connectivity index (χ2n) is 4.71. The summed E-state index contributed by atoms with van der Waals surface area (Å²) in [5, 5.41) is 3.40. The third-order valence-corrected chi connectivity index (χ3v) is 3.40. The first-order valence-electron chi connectivity index (χ1n) is 5.94. The van der Waals surface area contributed by atoms with Crippen LogP contribution in [0.3, 0.4) is 0 Å². The monoisotopic (exact) mass is 221 g/mol. The van der Waals surface area contributed by atoms with E-state index in [9.17, 15) is 4.39 Å². The van der Waals surface area contributed by atoms with E-state index in [0.717, 1.165) is 24.6 Å². The Morgan fingerprint density at radius 3 is 2.56 bits per heavy atom. The van der Waals surface area contributed by atoms with Crippen LogP contribution < -0.4 is 5.32 Å². The van der Waals surface area contributed by atoms with Gasteiger partial charge in [-0.2, -0.15) is 0 Å². The molecule has 0 radical (unpaired) electrons. The summed E-state index contributed by atoms with van der Waals surface area (Å²) in [6.45, 7) is 1.79. The van der Waals surface area contributed by atoms with Crippen molar-refractivity contribution < 1.29 is 9.13 Å². The van der Waals surface area contributed by atoms with Gasteiger partial charge in [0.2, 0.25) is 0 Å². The molecule has 2 fully saturated rings. The molecule has 86 valence electrons. The van der Waals surface area contributed by atoms with Gasteiger partial charge in [0.1, 0.15) is 5.82 Å². The molecule has 0 amide bonds. The lowest BCUT2D eigenvalue weighted by Crippen LogP contribution is -2.41. The van der Waals surface area contributed by atoms with Gasteiger partial charge in [0, 0.05) is 13.1 Å². The zero-order chi connectivity index (χ0) is 11.0. The number of rotatable bonds is 2. The molecular weight excluding hydrogens is 205 g/mol. The first kappa shape index (κ1) is 10.2. The van der Waals surface area contributed by atoms with Crippen molar-refractivity contribution in [3.63, 3.8) is 0 Å². The van der Waals surface area contributed by atoms with Gasteiger partial charge in [-0.25, -0.2) is 4.39 Å². The predicted octanol–water partition coefficient (Wildman–Crippen LogP) is 2.27. The van der Waals surface area contributed by atoms with E-state index in [1.165, 1.54) is 25.0 Å². The molecule has 16 heavy (non-hydrogen) atoms. The molecule has 1 aromatic rings. The topological polar surface area (TPSA) is 21.3 Å². The van der Waals surface area contributed by atoms with Crippen molar-refractivity contribution >= 4 is 0 Å². The Morgan fingerprint density at radius 1 is 1.12 bits per heavy atom. The van der Waals surface area contributed by atoms with Crippen LogP contribution >= 0.6 is 0 Å². The Bertz CT molecular complexity index is 361. The molecule has 1 saturated carbocycles. The maximum atomic E-state index is 12.8. The van der Waals surface area contributed by atoms with E-state index in [0.29, 0.717) is 6.10 Å². The van der Waals surface area contributed by atoms with Gasteiger partial charge in [-0.3, -0.25) is 0 Å². The third-order valence-electron chi connectivity index (χ3n) is 3.40. The zero-order valence-electron chi connectivity index (χ0n) is 9.16.